The van der Waals surface area contributed by atoms with E-state index in [-0.39, 0.29) is 18.4 Å². The number of benzene rings is 1. The van der Waals surface area contributed by atoms with Gasteiger partial charge in [0.05, 0.1) is 18.2 Å². The minimum Gasteiger partial charge on any atom is -0.463 e. The molecule has 1 N–H and O–H groups in total. The zero-order valence-electron chi connectivity index (χ0n) is 12.8. The van der Waals surface area contributed by atoms with E-state index in [0.717, 1.165) is 5.56 Å². The molecule has 1 fully saturated rings. The van der Waals surface area contributed by atoms with Crippen LogP contribution in [-0.4, -0.2) is 47.5 Å². The fourth-order valence-electron chi connectivity index (χ4n) is 1.95. The van der Waals surface area contributed by atoms with Gasteiger partial charge in [0.15, 0.2) is 0 Å². The van der Waals surface area contributed by atoms with Gasteiger partial charge in [-0.05, 0) is 30.7 Å². The molecule has 1 aromatic rings. The van der Waals surface area contributed by atoms with Crippen LogP contribution in [-0.2, 0) is 19.1 Å². The standard InChI is InChI=1S/C16H18N2O4S/c1-2-22-16(21)8-5-12-3-6-13(7-4-12)17-14(19)9-18-11-23-10-15(18)20/h3-8H,2,9-11H2,1H3,(H,17,19)/b8-5+. The van der Waals surface area contributed by atoms with Crippen LogP contribution in [0.4, 0.5) is 5.69 Å². The van der Waals surface area contributed by atoms with Gasteiger partial charge in [-0.15, -0.1) is 11.8 Å². The van der Waals surface area contributed by atoms with E-state index in [1.165, 1.54) is 22.7 Å². The molecule has 0 unspecified atom stereocenters. The molecule has 2 rings (SSSR count). The van der Waals surface area contributed by atoms with Crippen LogP contribution in [0.2, 0.25) is 0 Å². The molecule has 1 aromatic carbocycles. The van der Waals surface area contributed by atoms with Crippen LogP contribution in [0.3, 0.4) is 0 Å². The average Bonchev–Trinajstić information content (AvgIpc) is 2.92. The number of thioether (sulfide) groups is 1. The summed E-state index contributed by atoms with van der Waals surface area (Å²) in [4.78, 5) is 36.1. The second-order valence-corrected chi connectivity index (χ2v) is 5.78. The fourth-order valence-corrected chi connectivity index (χ4v) is 2.85. The van der Waals surface area contributed by atoms with E-state index in [1.54, 1.807) is 37.3 Å². The van der Waals surface area contributed by atoms with Crippen molar-refractivity contribution in [3.05, 3.63) is 35.9 Å². The maximum atomic E-state index is 11.9. The lowest BCUT2D eigenvalue weighted by molar-refractivity contribution is -0.137. The van der Waals surface area contributed by atoms with Gasteiger partial charge >= 0.3 is 5.97 Å². The Morgan fingerprint density at radius 2 is 2.09 bits per heavy atom. The van der Waals surface area contributed by atoms with Gasteiger partial charge in [-0.3, -0.25) is 9.59 Å². The van der Waals surface area contributed by atoms with Gasteiger partial charge in [-0.2, -0.15) is 0 Å². The van der Waals surface area contributed by atoms with Crippen molar-refractivity contribution < 1.29 is 19.1 Å². The molecule has 0 atom stereocenters. The van der Waals surface area contributed by atoms with Gasteiger partial charge in [-0.1, -0.05) is 12.1 Å². The smallest absolute Gasteiger partial charge is 0.330 e. The number of esters is 1. The quantitative estimate of drug-likeness (QED) is 0.633. The highest BCUT2D eigenvalue weighted by atomic mass is 32.2. The van der Waals surface area contributed by atoms with Crippen LogP contribution in [0.5, 0.6) is 0 Å². The van der Waals surface area contributed by atoms with Gasteiger partial charge < -0.3 is 15.0 Å². The molecular weight excluding hydrogens is 316 g/mol. The highest BCUT2D eigenvalue weighted by molar-refractivity contribution is 8.00. The summed E-state index contributed by atoms with van der Waals surface area (Å²) in [6.45, 7) is 2.15. The minimum atomic E-state index is -0.391. The van der Waals surface area contributed by atoms with Crippen LogP contribution >= 0.6 is 11.8 Å². The number of ether oxygens (including phenoxy) is 1. The van der Waals surface area contributed by atoms with Gasteiger partial charge in [0.25, 0.3) is 0 Å². The van der Waals surface area contributed by atoms with Crippen LogP contribution < -0.4 is 5.32 Å². The Balaban J connectivity index is 1.85. The minimum absolute atomic E-state index is 0.00963. The molecule has 0 bridgehead atoms. The number of carbonyl (C=O) groups is 3. The lowest BCUT2D eigenvalue weighted by Crippen LogP contribution is -2.34. The van der Waals surface area contributed by atoms with Crippen LogP contribution in [0.15, 0.2) is 30.3 Å². The van der Waals surface area contributed by atoms with Crippen LogP contribution in [0, 0.1) is 0 Å². The first-order chi connectivity index (χ1) is 11.1. The Morgan fingerprint density at radius 1 is 1.35 bits per heavy atom. The highest BCUT2D eigenvalue weighted by Crippen LogP contribution is 2.15. The van der Waals surface area contributed by atoms with Crippen LogP contribution in [0.25, 0.3) is 6.08 Å². The number of rotatable bonds is 6. The molecule has 0 spiro atoms. The summed E-state index contributed by atoms with van der Waals surface area (Å²) in [5, 5.41) is 2.74. The number of nitrogens with zero attached hydrogens (tertiary/aromatic N) is 1. The molecule has 0 radical (unpaired) electrons. The first-order valence-corrected chi connectivity index (χ1v) is 8.34. The monoisotopic (exact) mass is 334 g/mol. The Kier molecular flexibility index (Phi) is 6.22. The fraction of sp³-hybridized carbons (Fsp3) is 0.312. The molecule has 2 amide bonds. The Bertz CT molecular complexity index is 613. The van der Waals surface area contributed by atoms with Crippen molar-refractivity contribution in [2.24, 2.45) is 0 Å². The van der Waals surface area contributed by atoms with E-state index in [2.05, 4.69) is 5.32 Å². The molecule has 23 heavy (non-hydrogen) atoms. The van der Waals surface area contributed by atoms with E-state index in [4.69, 9.17) is 4.74 Å². The third-order valence-electron chi connectivity index (χ3n) is 3.05. The molecular formula is C16H18N2O4S. The topological polar surface area (TPSA) is 75.7 Å². The van der Waals surface area contributed by atoms with E-state index < -0.39 is 5.97 Å². The van der Waals surface area contributed by atoms with E-state index in [1.807, 2.05) is 0 Å². The molecule has 1 heterocycles. The molecule has 0 saturated carbocycles. The molecule has 1 saturated heterocycles. The second kappa shape index (κ2) is 8.38. The van der Waals surface area contributed by atoms with Gasteiger partial charge in [-0.25, -0.2) is 4.79 Å². The van der Waals surface area contributed by atoms with Crippen molar-refractivity contribution in [1.82, 2.24) is 4.90 Å². The molecule has 122 valence electrons. The maximum absolute atomic E-state index is 11.9. The number of hydrogen-bond acceptors (Lipinski definition) is 5. The number of amides is 2. The highest BCUT2D eigenvalue weighted by Gasteiger charge is 2.22. The summed E-state index contributed by atoms with van der Waals surface area (Å²) >= 11 is 1.50. The summed E-state index contributed by atoms with van der Waals surface area (Å²) in [7, 11) is 0. The number of nitrogens with one attached hydrogen (secondary N) is 1. The third-order valence-corrected chi connectivity index (χ3v) is 4.00. The molecule has 0 aliphatic carbocycles. The van der Waals surface area contributed by atoms with Crippen molar-refractivity contribution >= 4 is 41.3 Å². The zero-order chi connectivity index (χ0) is 16.7. The molecule has 1 aliphatic rings. The van der Waals surface area contributed by atoms with E-state index >= 15 is 0 Å². The number of hydrogen-bond donors (Lipinski definition) is 1. The molecule has 7 heteroatoms. The number of carbonyl (C=O) groups excluding carboxylic acids is 3. The lowest BCUT2D eigenvalue weighted by Gasteiger charge is -2.14. The molecule has 0 aromatic heterocycles. The summed E-state index contributed by atoms with van der Waals surface area (Å²) in [6, 6.07) is 7.04. The largest absolute Gasteiger partial charge is 0.463 e. The zero-order valence-corrected chi connectivity index (χ0v) is 13.6. The van der Waals surface area contributed by atoms with Crippen LogP contribution in [0.1, 0.15) is 12.5 Å². The number of anilines is 1. The first kappa shape index (κ1) is 17.1. The molecule has 6 nitrogen and oxygen atoms in total. The SMILES string of the molecule is CCOC(=O)/C=C/c1ccc(NC(=O)CN2CSCC2=O)cc1. The van der Waals surface area contributed by atoms with Gasteiger partial charge in [0, 0.05) is 11.8 Å². The summed E-state index contributed by atoms with van der Waals surface area (Å²) in [5.41, 5.74) is 1.46. The van der Waals surface area contributed by atoms with E-state index in [0.29, 0.717) is 23.9 Å². The third kappa shape index (κ3) is 5.45. The predicted octanol–water partition coefficient (Wildman–Crippen LogP) is 1.73. The first-order valence-electron chi connectivity index (χ1n) is 7.18. The summed E-state index contributed by atoms with van der Waals surface area (Å²) in [6.07, 6.45) is 3.00. The average molecular weight is 334 g/mol. The lowest BCUT2D eigenvalue weighted by atomic mass is 10.2. The van der Waals surface area contributed by atoms with E-state index in [9.17, 15) is 14.4 Å². The van der Waals surface area contributed by atoms with Gasteiger partial charge in [0.2, 0.25) is 11.8 Å². The van der Waals surface area contributed by atoms with Crippen molar-refractivity contribution in [2.45, 2.75) is 6.92 Å². The predicted molar refractivity (Wildman–Crippen MR) is 89.8 cm³/mol. The molecule has 1 aliphatic heterocycles. The second-order valence-electron chi connectivity index (χ2n) is 4.82. The normalized spacial score (nSPS) is 14.3. The van der Waals surface area contributed by atoms with Crippen molar-refractivity contribution in [1.29, 1.82) is 0 Å². The summed E-state index contributed by atoms with van der Waals surface area (Å²) < 4.78 is 4.80. The van der Waals surface area contributed by atoms with Crippen molar-refractivity contribution in [3.63, 3.8) is 0 Å². The van der Waals surface area contributed by atoms with Crippen molar-refractivity contribution in [2.75, 3.05) is 30.1 Å². The van der Waals surface area contributed by atoms with Crippen molar-refractivity contribution in [3.8, 4) is 0 Å². The maximum Gasteiger partial charge on any atom is 0.330 e. The van der Waals surface area contributed by atoms with Gasteiger partial charge in [0.1, 0.15) is 6.54 Å². The summed E-state index contributed by atoms with van der Waals surface area (Å²) in [5.74, 6) is 0.372. The Labute approximate surface area is 138 Å². The Morgan fingerprint density at radius 3 is 2.70 bits per heavy atom. The Hall–Kier alpha value is -2.28.